The number of carbonyl (C=O) groups is 4. The summed E-state index contributed by atoms with van der Waals surface area (Å²) in [4.78, 5) is 56.1. The predicted octanol–water partition coefficient (Wildman–Crippen LogP) is -1.32. The number of methoxy groups -OCH3 is 4. The normalized spacial score (nSPS) is 18.7. The molecule has 0 saturated carbocycles. The third-order valence-electron chi connectivity index (χ3n) is 5.91. The fraction of sp³-hybridized carbons (Fsp3) is 0.818. The van der Waals surface area contributed by atoms with Crippen molar-refractivity contribution in [1.82, 2.24) is 19.6 Å². The number of rotatable bonds is 9. The van der Waals surface area contributed by atoms with Crippen molar-refractivity contribution in [1.29, 1.82) is 0 Å². The summed E-state index contributed by atoms with van der Waals surface area (Å²) in [6, 6.07) is -0.441. The Morgan fingerprint density at radius 1 is 0.588 bits per heavy atom. The molecule has 12 heteroatoms. The summed E-state index contributed by atoms with van der Waals surface area (Å²) in [6.45, 7) is 6.26. The Bertz CT molecular complexity index is 629. The Morgan fingerprint density at radius 2 is 0.912 bits per heavy atom. The minimum Gasteiger partial charge on any atom is -0.468 e. The molecule has 0 aromatic heterocycles. The molecule has 0 amide bonds. The van der Waals surface area contributed by atoms with Crippen LogP contribution in [-0.4, -0.2) is 150 Å². The van der Waals surface area contributed by atoms with Gasteiger partial charge in [0.05, 0.1) is 48.1 Å². The summed E-state index contributed by atoms with van der Waals surface area (Å²) in [5, 5.41) is 0. The van der Waals surface area contributed by atoms with Crippen LogP contribution in [0.25, 0.3) is 0 Å². The highest BCUT2D eigenvalue weighted by Crippen LogP contribution is 2.09. The van der Waals surface area contributed by atoms with E-state index in [2.05, 4.69) is 0 Å². The first-order valence-electron chi connectivity index (χ1n) is 11.5. The van der Waals surface area contributed by atoms with Gasteiger partial charge >= 0.3 is 23.9 Å². The van der Waals surface area contributed by atoms with Crippen molar-refractivity contribution in [3.63, 3.8) is 0 Å². The zero-order valence-corrected chi connectivity index (χ0v) is 21.1. The standard InChI is InChI=1S/C22H40N4O8/c1-6-18(22(30)34-5)26-13-11-24(16-20(28)32-3)9-7-23(15-19(27)31-2)8-10-25(12-14-26)17-21(29)33-4/h18H,6-17H2,1-5H3/t18-/m1/s1. The molecule has 1 fully saturated rings. The van der Waals surface area contributed by atoms with Crippen molar-refractivity contribution in [2.45, 2.75) is 19.4 Å². The zero-order chi connectivity index (χ0) is 25.5. The molecule has 196 valence electrons. The van der Waals surface area contributed by atoms with Crippen molar-refractivity contribution >= 4 is 23.9 Å². The monoisotopic (exact) mass is 488 g/mol. The second-order valence-electron chi connectivity index (χ2n) is 8.04. The second-order valence-corrected chi connectivity index (χ2v) is 8.04. The summed E-state index contributed by atoms with van der Waals surface area (Å²) in [5.41, 5.74) is 0. The molecule has 1 rings (SSSR count). The first kappa shape index (κ1) is 29.8. The van der Waals surface area contributed by atoms with Gasteiger partial charge in [-0.15, -0.1) is 0 Å². The molecule has 0 N–H and O–H groups in total. The van der Waals surface area contributed by atoms with Crippen molar-refractivity contribution in [2.75, 3.05) is 100 Å². The molecule has 12 nitrogen and oxygen atoms in total. The highest BCUT2D eigenvalue weighted by Gasteiger charge is 2.27. The van der Waals surface area contributed by atoms with E-state index in [1.807, 2.05) is 26.5 Å². The molecule has 1 atom stereocenters. The average molecular weight is 489 g/mol. The Morgan fingerprint density at radius 3 is 1.18 bits per heavy atom. The van der Waals surface area contributed by atoms with Gasteiger partial charge in [0.25, 0.3) is 0 Å². The van der Waals surface area contributed by atoms with Crippen LogP contribution in [0, 0.1) is 0 Å². The lowest BCUT2D eigenvalue weighted by molar-refractivity contribution is -0.148. The van der Waals surface area contributed by atoms with Gasteiger partial charge in [-0.25, -0.2) is 0 Å². The summed E-state index contributed by atoms with van der Waals surface area (Å²) in [5.74, 6) is -1.40. The quantitative estimate of drug-likeness (QED) is 0.283. The van der Waals surface area contributed by atoms with Crippen LogP contribution >= 0.6 is 0 Å². The largest absolute Gasteiger partial charge is 0.468 e. The molecule has 0 aliphatic carbocycles. The average Bonchev–Trinajstić information content (AvgIpc) is 2.84. The molecule has 0 spiro atoms. The van der Waals surface area contributed by atoms with Gasteiger partial charge in [-0.2, -0.15) is 0 Å². The van der Waals surface area contributed by atoms with Gasteiger partial charge in [0.2, 0.25) is 0 Å². The van der Waals surface area contributed by atoms with Crippen LogP contribution in [0.2, 0.25) is 0 Å². The van der Waals surface area contributed by atoms with Gasteiger partial charge in [-0.05, 0) is 6.42 Å². The number of nitrogens with zero attached hydrogens (tertiary/aromatic N) is 4. The summed E-state index contributed by atoms with van der Waals surface area (Å²) in [6.07, 6.45) is 0.563. The lowest BCUT2D eigenvalue weighted by Crippen LogP contribution is -2.52. The molecule has 0 aromatic rings. The number of carbonyl (C=O) groups excluding carboxylic acids is 4. The third kappa shape index (κ3) is 10.8. The summed E-state index contributed by atoms with van der Waals surface area (Å²) >= 11 is 0. The molecule has 0 unspecified atom stereocenters. The van der Waals surface area contributed by atoms with Crippen LogP contribution in [0.5, 0.6) is 0 Å². The van der Waals surface area contributed by atoms with E-state index in [1.54, 1.807) is 0 Å². The SMILES string of the molecule is CC[C@H](C(=O)OC)N1CCN(CC(=O)OC)CCN(CC(=O)OC)CCN(CC(=O)OC)CC1. The van der Waals surface area contributed by atoms with Crippen LogP contribution in [-0.2, 0) is 38.1 Å². The number of hydrogen-bond donors (Lipinski definition) is 0. The molecule has 1 aliphatic heterocycles. The first-order chi connectivity index (χ1) is 16.3. The maximum Gasteiger partial charge on any atom is 0.323 e. The fourth-order valence-corrected chi connectivity index (χ4v) is 3.79. The highest BCUT2D eigenvalue weighted by atomic mass is 16.5. The van der Waals surface area contributed by atoms with Crippen LogP contribution in [0.1, 0.15) is 13.3 Å². The van der Waals surface area contributed by atoms with Gasteiger partial charge < -0.3 is 18.9 Å². The molecular formula is C22H40N4O8. The van der Waals surface area contributed by atoms with Crippen LogP contribution in [0.15, 0.2) is 0 Å². The molecule has 1 aliphatic rings. The molecule has 0 bridgehead atoms. The van der Waals surface area contributed by atoms with E-state index in [-0.39, 0.29) is 43.5 Å². The molecule has 0 radical (unpaired) electrons. The second kappa shape index (κ2) is 16.4. The highest BCUT2D eigenvalue weighted by molar-refractivity contribution is 5.75. The Kier molecular flexibility index (Phi) is 14.3. The van der Waals surface area contributed by atoms with Crippen LogP contribution in [0.3, 0.4) is 0 Å². The molecule has 1 heterocycles. The van der Waals surface area contributed by atoms with Crippen molar-refractivity contribution in [3.8, 4) is 0 Å². The van der Waals surface area contributed by atoms with E-state index in [0.29, 0.717) is 58.8 Å². The zero-order valence-electron chi connectivity index (χ0n) is 21.1. The number of esters is 4. The van der Waals surface area contributed by atoms with Crippen LogP contribution < -0.4 is 0 Å². The molecular weight excluding hydrogens is 448 g/mol. The molecule has 0 aromatic carbocycles. The minimum absolute atomic E-state index is 0.0971. The Balaban J connectivity index is 3.13. The Labute approximate surface area is 202 Å². The van der Waals surface area contributed by atoms with Gasteiger partial charge in [0.15, 0.2) is 0 Å². The van der Waals surface area contributed by atoms with E-state index in [1.165, 1.54) is 28.4 Å². The van der Waals surface area contributed by atoms with E-state index in [0.717, 1.165) is 0 Å². The van der Waals surface area contributed by atoms with Gasteiger partial charge in [-0.3, -0.25) is 38.8 Å². The first-order valence-corrected chi connectivity index (χ1v) is 11.5. The van der Waals surface area contributed by atoms with E-state index in [4.69, 9.17) is 18.9 Å². The molecule has 1 saturated heterocycles. The van der Waals surface area contributed by atoms with Gasteiger partial charge in [-0.1, -0.05) is 6.92 Å². The fourth-order valence-electron chi connectivity index (χ4n) is 3.79. The smallest absolute Gasteiger partial charge is 0.323 e. The lowest BCUT2D eigenvalue weighted by Gasteiger charge is -2.35. The Hall–Kier alpha value is -2.28. The topological polar surface area (TPSA) is 118 Å². The van der Waals surface area contributed by atoms with Crippen LogP contribution in [0.4, 0.5) is 0 Å². The third-order valence-corrected chi connectivity index (χ3v) is 5.91. The lowest BCUT2D eigenvalue weighted by atomic mass is 10.2. The van der Waals surface area contributed by atoms with E-state index >= 15 is 0 Å². The summed E-state index contributed by atoms with van der Waals surface area (Å²) in [7, 11) is 5.39. The number of ether oxygens (including phenoxy) is 4. The summed E-state index contributed by atoms with van der Waals surface area (Å²) < 4.78 is 19.5. The predicted molar refractivity (Wildman–Crippen MR) is 123 cm³/mol. The van der Waals surface area contributed by atoms with Crippen molar-refractivity contribution in [3.05, 3.63) is 0 Å². The van der Waals surface area contributed by atoms with Crippen molar-refractivity contribution < 1.29 is 38.1 Å². The van der Waals surface area contributed by atoms with Gasteiger partial charge in [0.1, 0.15) is 6.04 Å². The van der Waals surface area contributed by atoms with Crippen molar-refractivity contribution in [2.24, 2.45) is 0 Å². The maximum atomic E-state index is 12.4. The number of hydrogen-bond acceptors (Lipinski definition) is 12. The van der Waals surface area contributed by atoms with E-state index in [9.17, 15) is 19.2 Å². The maximum absolute atomic E-state index is 12.4. The molecule has 34 heavy (non-hydrogen) atoms. The van der Waals surface area contributed by atoms with E-state index < -0.39 is 6.04 Å². The minimum atomic E-state index is -0.441. The van der Waals surface area contributed by atoms with Gasteiger partial charge in [0, 0.05) is 52.4 Å².